The molecule has 10 heteroatoms. The van der Waals surface area contributed by atoms with Crippen LogP contribution < -0.4 is 14.2 Å². The number of hydrogen-bond acceptors (Lipinski definition) is 7. The minimum Gasteiger partial charge on any atom is -0.495 e. The molecule has 1 atom stereocenters. The largest absolute Gasteiger partial charge is 0.495 e. The number of aromatic nitrogens is 2. The Hall–Kier alpha value is -2.46. The lowest BCUT2D eigenvalue weighted by molar-refractivity contribution is 0.123. The fraction of sp³-hybridized carbons (Fsp3) is 0.412. The molecule has 1 aliphatic rings. The summed E-state index contributed by atoms with van der Waals surface area (Å²) >= 11 is 0. The molecule has 1 fully saturated rings. The van der Waals surface area contributed by atoms with Gasteiger partial charge >= 0.3 is 0 Å². The minimum atomic E-state index is -3.94. The lowest BCUT2D eigenvalue weighted by atomic mass is 10.1. The molecule has 3 rings (SSSR count). The molecule has 0 unspecified atom stereocenters. The van der Waals surface area contributed by atoms with E-state index >= 15 is 0 Å². The number of benzene rings is 1. The molecule has 0 aliphatic carbocycles. The maximum absolute atomic E-state index is 13.6. The van der Waals surface area contributed by atoms with E-state index in [0.717, 1.165) is 12.1 Å². The number of ether oxygens (including phenoxy) is 3. The van der Waals surface area contributed by atoms with Crippen molar-refractivity contribution in [3.8, 4) is 17.5 Å². The van der Waals surface area contributed by atoms with Crippen molar-refractivity contribution in [2.45, 2.75) is 23.8 Å². The van der Waals surface area contributed by atoms with Crippen LogP contribution in [0.25, 0.3) is 0 Å². The highest BCUT2D eigenvalue weighted by molar-refractivity contribution is 7.89. The zero-order chi connectivity index (χ0) is 19.4. The molecule has 8 nitrogen and oxygen atoms in total. The van der Waals surface area contributed by atoms with Crippen molar-refractivity contribution in [3.05, 3.63) is 36.4 Å². The molecule has 2 heterocycles. The molecular formula is C17H20FN3O5S. The van der Waals surface area contributed by atoms with Gasteiger partial charge in [-0.3, -0.25) is 4.98 Å². The van der Waals surface area contributed by atoms with Crippen LogP contribution in [0.2, 0.25) is 0 Å². The Morgan fingerprint density at radius 2 is 1.96 bits per heavy atom. The number of hydrogen-bond donors (Lipinski definition) is 0. The summed E-state index contributed by atoms with van der Waals surface area (Å²) in [4.78, 5) is 7.89. The van der Waals surface area contributed by atoms with E-state index in [9.17, 15) is 12.8 Å². The van der Waals surface area contributed by atoms with E-state index in [1.165, 1.54) is 37.0 Å². The molecule has 0 spiro atoms. The summed E-state index contributed by atoms with van der Waals surface area (Å²) in [5, 5.41) is 0. The third-order valence-corrected chi connectivity index (χ3v) is 6.06. The quantitative estimate of drug-likeness (QED) is 0.735. The van der Waals surface area contributed by atoms with Gasteiger partial charge in [0, 0.05) is 6.54 Å². The molecule has 1 aliphatic heterocycles. The molecule has 0 bridgehead atoms. The Kier molecular flexibility index (Phi) is 5.76. The topological polar surface area (TPSA) is 90.9 Å². The molecule has 1 aromatic carbocycles. The van der Waals surface area contributed by atoms with Crippen LogP contribution in [-0.4, -0.2) is 56.1 Å². The van der Waals surface area contributed by atoms with Crippen LogP contribution in [0, 0.1) is 5.82 Å². The molecule has 0 saturated carbocycles. The number of rotatable bonds is 6. The summed E-state index contributed by atoms with van der Waals surface area (Å²) in [6.07, 6.45) is 3.73. The highest BCUT2D eigenvalue weighted by Crippen LogP contribution is 2.30. The predicted octanol–water partition coefficient (Wildman–Crippen LogP) is 1.86. The van der Waals surface area contributed by atoms with Crippen molar-refractivity contribution in [3.63, 3.8) is 0 Å². The van der Waals surface area contributed by atoms with E-state index < -0.39 is 21.9 Å². The van der Waals surface area contributed by atoms with E-state index in [1.807, 2.05) is 0 Å². The first kappa shape index (κ1) is 19.3. The van der Waals surface area contributed by atoms with Gasteiger partial charge in [0.05, 0.1) is 33.2 Å². The smallest absolute Gasteiger partial charge is 0.246 e. The highest BCUT2D eigenvalue weighted by Gasteiger charge is 2.33. The average molecular weight is 397 g/mol. The Morgan fingerprint density at radius 1 is 1.19 bits per heavy atom. The Balaban J connectivity index is 1.80. The number of sulfonamides is 1. The standard InChI is InChI=1S/C17H20FN3O5S/c1-24-14-6-5-12(18)8-15(14)27(22,23)21-7-3-4-13(11-21)26-17-10-19-9-16(20-17)25-2/h5-6,8-10,13H,3-4,7,11H2,1-2H3/t13-/m0/s1. The molecular weight excluding hydrogens is 377 g/mol. The molecule has 2 aromatic rings. The number of halogens is 1. The van der Waals surface area contributed by atoms with Gasteiger partial charge in [0.1, 0.15) is 22.6 Å². The Labute approximate surface area is 157 Å². The van der Waals surface area contributed by atoms with Gasteiger partial charge in [-0.15, -0.1) is 0 Å². The molecule has 1 saturated heterocycles. The maximum Gasteiger partial charge on any atom is 0.246 e. The summed E-state index contributed by atoms with van der Waals surface area (Å²) in [7, 11) is -1.13. The fourth-order valence-corrected chi connectivity index (χ4v) is 4.55. The van der Waals surface area contributed by atoms with Crippen molar-refractivity contribution in [1.82, 2.24) is 14.3 Å². The summed E-state index contributed by atoms with van der Waals surface area (Å²) in [6, 6.07) is 3.42. The number of nitrogens with zero attached hydrogens (tertiary/aromatic N) is 3. The lowest BCUT2D eigenvalue weighted by Gasteiger charge is -2.32. The van der Waals surface area contributed by atoms with Crippen molar-refractivity contribution in [1.29, 1.82) is 0 Å². The molecule has 0 N–H and O–H groups in total. The highest BCUT2D eigenvalue weighted by atomic mass is 32.2. The van der Waals surface area contributed by atoms with E-state index in [0.29, 0.717) is 25.3 Å². The van der Waals surface area contributed by atoms with Crippen LogP contribution >= 0.6 is 0 Å². The zero-order valence-electron chi connectivity index (χ0n) is 15.0. The second kappa shape index (κ2) is 8.05. The van der Waals surface area contributed by atoms with Gasteiger partial charge in [0.15, 0.2) is 0 Å². The predicted molar refractivity (Wildman–Crippen MR) is 93.9 cm³/mol. The van der Waals surface area contributed by atoms with Crippen LogP contribution in [0.3, 0.4) is 0 Å². The summed E-state index contributed by atoms with van der Waals surface area (Å²) in [5.41, 5.74) is 0. The third kappa shape index (κ3) is 4.28. The van der Waals surface area contributed by atoms with E-state index in [4.69, 9.17) is 14.2 Å². The number of piperidine rings is 1. The van der Waals surface area contributed by atoms with Gasteiger partial charge in [-0.2, -0.15) is 9.29 Å². The van der Waals surface area contributed by atoms with Gasteiger partial charge in [-0.25, -0.2) is 12.8 Å². The first-order chi connectivity index (χ1) is 12.9. The van der Waals surface area contributed by atoms with Gasteiger partial charge in [-0.05, 0) is 31.0 Å². The summed E-state index contributed by atoms with van der Waals surface area (Å²) in [5.74, 6) is 0.00293. The molecule has 146 valence electrons. The number of methoxy groups -OCH3 is 2. The van der Waals surface area contributed by atoms with Crippen molar-refractivity contribution >= 4 is 10.0 Å². The SMILES string of the molecule is COc1cncc(O[C@H]2CCCN(S(=O)(=O)c3cc(F)ccc3OC)C2)n1. The van der Waals surface area contributed by atoms with Crippen molar-refractivity contribution < 1.29 is 27.0 Å². The zero-order valence-corrected chi connectivity index (χ0v) is 15.8. The molecule has 0 amide bonds. The van der Waals surface area contributed by atoms with Gasteiger partial charge in [-0.1, -0.05) is 0 Å². The van der Waals surface area contributed by atoms with Crippen LogP contribution in [0.5, 0.6) is 17.5 Å². The Morgan fingerprint density at radius 3 is 2.70 bits per heavy atom. The third-order valence-electron chi connectivity index (χ3n) is 4.17. The second-order valence-electron chi connectivity index (χ2n) is 5.94. The molecule has 0 radical (unpaired) electrons. The summed E-state index contributed by atoms with van der Waals surface area (Å²) < 4.78 is 56.8. The molecule has 27 heavy (non-hydrogen) atoms. The van der Waals surface area contributed by atoms with Crippen LogP contribution in [0.4, 0.5) is 4.39 Å². The fourth-order valence-electron chi connectivity index (χ4n) is 2.87. The van der Waals surface area contributed by atoms with E-state index in [1.54, 1.807) is 0 Å². The van der Waals surface area contributed by atoms with Crippen molar-refractivity contribution in [2.24, 2.45) is 0 Å². The van der Waals surface area contributed by atoms with Crippen molar-refractivity contribution in [2.75, 3.05) is 27.3 Å². The van der Waals surface area contributed by atoms with Gasteiger partial charge < -0.3 is 14.2 Å². The van der Waals surface area contributed by atoms with E-state index in [-0.39, 0.29) is 23.1 Å². The lowest BCUT2D eigenvalue weighted by Crippen LogP contribution is -2.44. The van der Waals surface area contributed by atoms with Gasteiger partial charge in [0.25, 0.3) is 0 Å². The normalized spacial score (nSPS) is 18.1. The first-order valence-electron chi connectivity index (χ1n) is 8.30. The van der Waals surface area contributed by atoms with Crippen LogP contribution in [-0.2, 0) is 10.0 Å². The average Bonchev–Trinajstić information content (AvgIpc) is 2.68. The Bertz CT molecular complexity index is 909. The van der Waals surface area contributed by atoms with E-state index in [2.05, 4.69) is 9.97 Å². The second-order valence-corrected chi connectivity index (χ2v) is 7.85. The maximum atomic E-state index is 13.6. The monoisotopic (exact) mass is 397 g/mol. The van der Waals surface area contributed by atoms with Crippen LogP contribution in [0.1, 0.15) is 12.8 Å². The first-order valence-corrected chi connectivity index (χ1v) is 9.74. The minimum absolute atomic E-state index is 0.0955. The van der Waals surface area contributed by atoms with Crippen LogP contribution in [0.15, 0.2) is 35.5 Å². The molecule has 1 aromatic heterocycles. The van der Waals surface area contributed by atoms with Gasteiger partial charge in [0.2, 0.25) is 21.8 Å². The summed E-state index contributed by atoms with van der Waals surface area (Å²) in [6.45, 7) is 0.423.